The zero-order valence-corrected chi connectivity index (χ0v) is 10.7. The molecular weight excluding hydrogens is 305 g/mol. The summed E-state index contributed by atoms with van der Waals surface area (Å²) in [6.07, 6.45) is -4.41. The van der Waals surface area contributed by atoms with Crippen LogP contribution in [-0.2, 0) is 11.5 Å². The summed E-state index contributed by atoms with van der Waals surface area (Å²) >= 11 is 3.20. The second-order valence-corrected chi connectivity index (χ2v) is 4.19. The van der Waals surface area contributed by atoms with Gasteiger partial charge in [0.25, 0.3) is 0 Å². The minimum atomic E-state index is -4.41. The molecule has 17 heavy (non-hydrogen) atoms. The monoisotopic (exact) mass is 314 g/mol. The Morgan fingerprint density at radius 2 is 2.00 bits per heavy atom. The van der Waals surface area contributed by atoms with Crippen molar-refractivity contribution in [1.82, 2.24) is 9.55 Å². The van der Waals surface area contributed by atoms with Gasteiger partial charge < -0.3 is 4.74 Å². The minimum absolute atomic E-state index is 0.476. The number of halogens is 4. The third kappa shape index (κ3) is 3.81. The van der Waals surface area contributed by atoms with E-state index in [4.69, 9.17) is 0 Å². The van der Waals surface area contributed by atoms with E-state index >= 15 is 0 Å². The molecule has 0 atom stereocenters. The van der Waals surface area contributed by atoms with Crippen molar-refractivity contribution >= 4 is 15.9 Å². The molecule has 0 spiro atoms. The van der Waals surface area contributed by atoms with E-state index in [0.717, 1.165) is 4.57 Å². The normalized spacial score (nSPS) is 11.9. The molecule has 1 aromatic heterocycles. The molecule has 0 aliphatic heterocycles. The van der Waals surface area contributed by atoms with Crippen LogP contribution in [0.2, 0.25) is 0 Å². The summed E-state index contributed by atoms with van der Waals surface area (Å²) in [6, 6.07) is 0. The average molecular weight is 315 g/mol. The van der Waals surface area contributed by atoms with Crippen molar-refractivity contribution in [2.75, 3.05) is 6.61 Å². The zero-order valence-electron chi connectivity index (χ0n) is 9.14. The summed E-state index contributed by atoms with van der Waals surface area (Å²) in [7, 11) is 0. The number of nitrogens with zero attached hydrogens (tertiary/aromatic N) is 2. The molecule has 96 valence electrons. The van der Waals surface area contributed by atoms with Crippen LogP contribution in [0, 0.1) is 13.8 Å². The van der Waals surface area contributed by atoms with Crippen LogP contribution in [0.4, 0.5) is 13.2 Å². The van der Waals surface area contributed by atoms with E-state index < -0.39 is 25.2 Å². The van der Waals surface area contributed by atoms with Crippen LogP contribution in [0.1, 0.15) is 11.4 Å². The van der Waals surface area contributed by atoms with Gasteiger partial charge in [-0.15, -0.1) is 0 Å². The van der Waals surface area contributed by atoms with Gasteiger partial charge in [0, 0.05) is 5.69 Å². The second kappa shape index (κ2) is 5.18. The molecule has 0 aromatic carbocycles. The fourth-order valence-electron chi connectivity index (χ4n) is 1.18. The highest BCUT2D eigenvalue weighted by Gasteiger charge is 2.27. The predicted molar refractivity (Wildman–Crippen MR) is 57.7 cm³/mol. The van der Waals surface area contributed by atoms with Gasteiger partial charge >= 0.3 is 11.9 Å². The fourth-order valence-corrected chi connectivity index (χ4v) is 1.48. The summed E-state index contributed by atoms with van der Waals surface area (Å²) in [4.78, 5) is 15.1. The number of rotatable bonds is 3. The van der Waals surface area contributed by atoms with Crippen LogP contribution in [-0.4, -0.2) is 22.3 Å². The van der Waals surface area contributed by atoms with Crippen LogP contribution in [0.3, 0.4) is 0 Å². The molecule has 4 nitrogen and oxygen atoms in total. The van der Waals surface area contributed by atoms with Crippen molar-refractivity contribution in [3.63, 3.8) is 0 Å². The molecule has 0 saturated carbocycles. The third-order valence-corrected chi connectivity index (χ3v) is 3.17. The Balaban J connectivity index is 2.86. The van der Waals surface area contributed by atoms with Crippen LogP contribution in [0.15, 0.2) is 9.27 Å². The fraction of sp³-hybridized carbons (Fsp3) is 0.556. The van der Waals surface area contributed by atoms with Gasteiger partial charge in [0.05, 0.1) is 10.2 Å². The van der Waals surface area contributed by atoms with Gasteiger partial charge in [-0.05, 0) is 29.8 Å². The number of alkyl halides is 3. The van der Waals surface area contributed by atoms with Crippen molar-refractivity contribution in [3.8, 4) is 0 Å². The number of aryl methyl sites for hydroxylation is 1. The van der Waals surface area contributed by atoms with E-state index in [-0.39, 0.29) is 0 Å². The Hall–Kier alpha value is -0.890. The molecule has 0 aliphatic rings. The van der Waals surface area contributed by atoms with Gasteiger partial charge in [0.15, 0.2) is 0 Å². The maximum absolute atomic E-state index is 11.9. The molecule has 0 N–H and O–H groups in total. The third-order valence-electron chi connectivity index (χ3n) is 2.02. The van der Waals surface area contributed by atoms with Gasteiger partial charge in [0.1, 0.15) is 13.3 Å². The lowest BCUT2D eigenvalue weighted by Gasteiger charge is -2.13. The molecule has 0 aliphatic carbocycles. The summed E-state index contributed by atoms with van der Waals surface area (Å²) in [5, 5.41) is 0. The largest absolute Gasteiger partial charge is 0.411 e. The number of ether oxygens (including phenoxy) is 1. The first kappa shape index (κ1) is 14.2. The minimum Gasteiger partial charge on any atom is -0.351 e. The maximum atomic E-state index is 11.9. The highest BCUT2D eigenvalue weighted by Crippen LogP contribution is 2.18. The Labute approximate surface area is 104 Å². The predicted octanol–water partition coefficient (Wildman–Crippen LogP) is 2.16. The van der Waals surface area contributed by atoms with Crippen LogP contribution < -0.4 is 5.69 Å². The lowest BCUT2D eigenvalue weighted by Crippen LogP contribution is -2.29. The first-order valence-corrected chi connectivity index (χ1v) is 5.39. The summed E-state index contributed by atoms with van der Waals surface area (Å²) in [5.74, 6) is 0. The molecular formula is C9H10BrF3N2O2. The van der Waals surface area contributed by atoms with Crippen LogP contribution >= 0.6 is 15.9 Å². The molecule has 0 saturated heterocycles. The van der Waals surface area contributed by atoms with E-state index in [9.17, 15) is 18.0 Å². The molecule has 0 amide bonds. The first-order valence-electron chi connectivity index (χ1n) is 4.60. The van der Waals surface area contributed by atoms with E-state index in [1.165, 1.54) is 0 Å². The highest BCUT2D eigenvalue weighted by molar-refractivity contribution is 9.10. The van der Waals surface area contributed by atoms with Gasteiger partial charge in [0.2, 0.25) is 0 Å². The van der Waals surface area contributed by atoms with Crippen molar-refractivity contribution in [2.24, 2.45) is 0 Å². The van der Waals surface area contributed by atoms with E-state index in [0.29, 0.717) is 15.9 Å². The first-order chi connectivity index (χ1) is 7.72. The molecule has 0 radical (unpaired) electrons. The molecule has 1 aromatic rings. The SMILES string of the molecule is Cc1nc(=O)n(COCC(F)(F)F)c(C)c1Br. The van der Waals surface area contributed by atoms with Gasteiger partial charge in [-0.1, -0.05) is 0 Å². The number of hydrogen-bond donors (Lipinski definition) is 0. The smallest absolute Gasteiger partial charge is 0.351 e. The second-order valence-electron chi connectivity index (χ2n) is 3.40. The average Bonchev–Trinajstić information content (AvgIpc) is 2.18. The van der Waals surface area contributed by atoms with Gasteiger partial charge in [-0.25, -0.2) is 4.79 Å². The van der Waals surface area contributed by atoms with E-state index in [1.807, 2.05) is 0 Å². The number of hydrogen-bond acceptors (Lipinski definition) is 3. The van der Waals surface area contributed by atoms with Gasteiger partial charge in [-0.2, -0.15) is 18.2 Å². The lowest BCUT2D eigenvalue weighted by atomic mass is 10.3. The van der Waals surface area contributed by atoms with Crippen molar-refractivity contribution in [3.05, 3.63) is 26.3 Å². The number of aromatic nitrogens is 2. The topological polar surface area (TPSA) is 44.1 Å². The van der Waals surface area contributed by atoms with E-state index in [1.54, 1.807) is 13.8 Å². The Morgan fingerprint density at radius 3 is 2.53 bits per heavy atom. The van der Waals surface area contributed by atoms with Crippen molar-refractivity contribution in [1.29, 1.82) is 0 Å². The molecule has 0 fully saturated rings. The molecule has 0 bridgehead atoms. The molecule has 1 heterocycles. The van der Waals surface area contributed by atoms with E-state index in [2.05, 4.69) is 25.7 Å². The van der Waals surface area contributed by atoms with Crippen LogP contribution in [0.5, 0.6) is 0 Å². The standard InChI is InChI=1S/C9H10BrF3N2O2/c1-5-7(10)6(2)15(8(16)14-5)4-17-3-9(11,12)13/h3-4H2,1-2H3. The summed E-state index contributed by atoms with van der Waals surface area (Å²) < 4.78 is 41.6. The maximum Gasteiger partial charge on any atom is 0.411 e. The lowest BCUT2D eigenvalue weighted by molar-refractivity contribution is -0.182. The molecule has 0 unspecified atom stereocenters. The Kier molecular flexibility index (Phi) is 4.31. The summed E-state index contributed by atoms with van der Waals surface area (Å²) in [5.41, 5.74) is 0.328. The Morgan fingerprint density at radius 1 is 1.41 bits per heavy atom. The van der Waals surface area contributed by atoms with Crippen LogP contribution in [0.25, 0.3) is 0 Å². The summed E-state index contributed by atoms with van der Waals surface area (Å²) in [6.45, 7) is 1.34. The Bertz CT molecular complexity index is 471. The van der Waals surface area contributed by atoms with Gasteiger partial charge in [-0.3, -0.25) is 4.57 Å². The quantitative estimate of drug-likeness (QED) is 0.858. The zero-order chi connectivity index (χ0) is 13.2. The van der Waals surface area contributed by atoms with Crippen molar-refractivity contribution in [2.45, 2.75) is 26.8 Å². The molecule has 1 rings (SSSR count). The molecule has 8 heteroatoms. The van der Waals surface area contributed by atoms with Crippen molar-refractivity contribution < 1.29 is 17.9 Å². The highest BCUT2D eigenvalue weighted by atomic mass is 79.9.